The SMILES string of the molecule is Cc1nc(C)c2nc(-c3cncc(F)c3)n(Cc3cccnc3)c2n1. The largest absolute Gasteiger partial charge is 0.304 e. The molecule has 0 atom stereocenters. The monoisotopic (exact) mass is 334 g/mol. The minimum atomic E-state index is -0.406. The van der Waals surface area contributed by atoms with Crippen LogP contribution in [0.5, 0.6) is 0 Å². The van der Waals surface area contributed by atoms with Gasteiger partial charge in [-0.15, -0.1) is 0 Å². The molecule has 0 spiro atoms. The number of nitrogens with zero attached hydrogens (tertiary/aromatic N) is 6. The number of halogens is 1. The van der Waals surface area contributed by atoms with E-state index in [2.05, 4.69) is 24.9 Å². The van der Waals surface area contributed by atoms with Crippen LogP contribution in [0, 0.1) is 19.7 Å². The number of fused-ring (bicyclic) bond motifs is 1. The molecule has 4 aromatic rings. The standard InChI is InChI=1S/C18H15FN6/c1-11-16-18(23-12(2)22-11)25(10-13-4-3-5-20-7-13)17(24-16)14-6-15(19)9-21-8-14/h3-9H,10H2,1-2H3. The highest BCUT2D eigenvalue weighted by atomic mass is 19.1. The highest BCUT2D eigenvalue weighted by Gasteiger charge is 2.17. The van der Waals surface area contributed by atoms with Crippen molar-refractivity contribution in [3.8, 4) is 11.4 Å². The van der Waals surface area contributed by atoms with Gasteiger partial charge in [0, 0.05) is 24.2 Å². The third-order valence-electron chi connectivity index (χ3n) is 3.91. The maximum atomic E-state index is 13.7. The smallest absolute Gasteiger partial charge is 0.164 e. The van der Waals surface area contributed by atoms with Crippen molar-refractivity contribution >= 4 is 11.2 Å². The molecule has 0 aliphatic rings. The zero-order valence-corrected chi connectivity index (χ0v) is 13.8. The minimum absolute atomic E-state index is 0.406. The van der Waals surface area contributed by atoms with E-state index in [1.165, 1.54) is 12.3 Å². The van der Waals surface area contributed by atoms with Crippen LogP contribution in [0.4, 0.5) is 4.39 Å². The number of hydrogen-bond donors (Lipinski definition) is 0. The van der Waals surface area contributed by atoms with Crippen LogP contribution in [0.2, 0.25) is 0 Å². The highest BCUT2D eigenvalue weighted by Crippen LogP contribution is 2.26. The zero-order valence-electron chi connectivity index (χ0n) is 13.8. The molecule has 0 saturated heterocycles. The summed E-state index contributed by atoms with van der Waals surface area (Å²) in [6.45, 7) is 4.26. The lowest BCUT2D eigenvalue weighted by Gasteiger charge is -2.09. The molecule has 6 nitrogen and oxygen atoms in total. The molecule has 0 N–H and O–H groups in total. The maximum Gasteiger partial charge on any atom is 0.164 e. The Kier molecular flexibility index (Phi) is 3.68. The number of aryl methyl sites for hydroxylation is 2. The average molecular weight is 334 g/mol. The van der Waals surface area contributed by atoms with Gasteiger partial charge < -0.3 is 4.57 Å². The predicted octanol–water partition coefficient (Wildman–Crippen LogP) is 3.09. The van der Waals surface area contributed by atoms with E-state index in [0.29, 0.717) is 34.9 Å². The first-order chi connectivity index (χ1) is 12.1. The number of aromatic nitrogens is 6. The third-order valence-corrected chi connectivity index (χ3v) is 3.91. The summed E-state index contributed by atoms with van der Waals surface area (Å²) in [5.74, 6) is 0.867. The van der Waals surface area contributed by atoms with E-state index < -0.39 is 5.82 Å². The van der Waals surface area contributed by atoms with Crippen LogP contribution in [-0.4, -0.2) is 29.5 Å². The topological polar surface area (TPSA) is 69.4 Å². The van der Waals surface area contributed by atoms with E-state index in [9.17, 15) is 4.39 Å². The molecule has 0 aliphatic carbocycles. The molecule has 0 unspecified atom stereocenters. The molecular weight excluding hydrogens is 319 g/mol. The van der Waals surface area contributed by atoms with E-state index >= 15 is 0 Å². The molecule has 124 valence electrons. The van der Waals surface area contributed by atoms with Crippen LogP contribution < -0.4 is 0 Å². The summed E-state index contributed by atoms with van der Waals surface area (Å²) in [6.07, 6.45) is 6.29. The third kappa shape index (κ3) is 2.84. The Labute approximate surface area is 143 Å². The van der Waals surface area contributed by atoms with Gasteiger partial charge in [-0.05, 0) is 31.5 Å². The summed E-state index contributed by atoms with van der Waals surface area (Å²) in [5, 5.41) is 0. The van der Waals surface area contributed by atoms with Crippen molar-refractivity contribution in [2.24, 2.45) is 0 Å². The Bertz CT molecular complexity index is 1060. The van der Waals surface area contributed by atoms with E-state index in [0.717, 1.165) is 11.3 Å². The molecule has 4 heterocycles. The van der Waals surface area contributed by atoms with E-state index in [1.807, 2.05) is 30.5 Å². The second-order valence-electron chi connectivity index (χ2n) is 5.80. The molecule has 0 bridgehead atoms. The number of imidazole rings is 1. The first-order valence-corrected chi connectivity index (χ1v) is 7.83. The van der Waals surface area contributed by atoms with Crippen LogP contribution in [0.1, 0.15) is 17.1 Å². The van der Waals surface area contributed by atoms with Crippen LogP contribution in [0.15, 0.2) is 43.0 Å². The summed E-state index contributed by atoms with van der Waals surface area (Å²) < 4.78 is 15.6. The lowest BCUT2D eigenvalue weighted by Crippen LogP contribution is -2.05. The van der Waals surface area contributed by atoms with Gasteiger partial charge in [0.15, 0.2) is 5.65 Å². The molecule has 7 heteroatoms. The molecular formula is C18H15FN6. The molecule has 25 heavy (non-hydrogen) atoms. The van der Waals surface area contributed by atoms with Crippen LogP contribution in [-0.2, 0) is 6.54 Å². The summed E-state index contributed by atoms with van der Waals surface area (Å²) in [7, 11) is 0. The quantitative estimate of drug-likeness (QED) is 0.576. The Morgan fingerprint density at radius 3 is 2.68 bits per heavy atom. The van der Waals surface area contributed by atoms with Crippen molar-refractivity contribution in [3.05, 3.63) is 65.9 Å². The van der Waals surface area contributed by atoms with Gasteiger partial charge in [0.2, 0.25) is 0 Å². The Morgan fingerprint density at radius 1 is 1.04 bits per heavy atom. The normalized spacial score (nSPS) is 11.2. The second kappa shape index (κ2) is 6.01. The fraction of sp³-hybridized carbons (Fsp3) is 0.167. The maximum absolute atomic E-state index is 13.7. The van der Waals surface area contributed by atoms with Crippen molar-refractivity contribution in [2.45, 2.75) is 20.4 Å². The van der Waals surface area contributed by atoms with Crippen molar-refractivity contribution in [1.29, 1.82) is 0 Å². The molecule has 0 aliphatic heterocycles. The van der Waals surface area contributed by atoms with Crippen LogP contribution >= 0.6 is 0 Å². The van der Waals surface area contributed by atoms with Gasteiger partial charge in [-0.3, -0.25) is 9.97 Å². The minimum Gasteiger partial charge on any atom is -0.304 e. The molecule has 0 radical (unpaired) electrons. The fourth-order valence-corrected chi connectivity index (χ4v) is 2.85. The Hall–Kier alpha value is -3.22. The average Bonchev–Trinajstić information content (AvgIpc) is 2.95. The van der Waals surface area contributed by atoms with Gasteiger partial charge in [0.1, 0.15) is 23.0 Å². The Morgan fingerprint density at radius 2 is 1.92 bits per heavy atom. The predicted molar refractivity (Wildman–Crippen MR) is 91.3 cm³/mol. The molecule has 0 aromatic carbocycles. The summed E-state index contributed by atoms with van der Waals surface area (Å²) >= 11 is 0. The van der Waals surface area contributed by atoms with Gasteiger partial charge in [-0.1, -0.05) is 6.07 Å². The van der Waals surface area contributed by atoms with E-state index in [1.54, 1.807) is 18.6 Å². The lowest BCUT2D eigenvalue weighted by atomic mass is 10.2. The van der Waals surface area contributed by atoms with Gasteiger partial charge in [0.05, 0.1) is 18.4 Å². The highest BCUT2D eigenvalue weighted by molar-refractivity contribution is 5.79. The summed E-state index contributed by atoms with van der Waals surface area (Å²) in [5.41, 5.74) is 3.81. The van der Waals surface area contributed by atoms with Gasteiger partial charge in [0.25, 0.3) is 0 Å². The number of pyridine rings is 2. The summed E-state index contributed by atoms with van der Waals surface area (Å²) in [6, 6.07) is 5.28. The molecule has 0 fully saturated rings. The van der Waals surface area contributed by atoms with E-state index in [-0.39, 0.29) is 0 Å². The molecule has 4 aromatic heterocycles. The van der Waals surface area contributed by atoms with Gasteiger partial charge in [-0.2, -0.15) is 0 Å². The van der Waals surface area contributed by atoms with E-state index in [4.69, 9.17) is 0 Å². The Balaban J connectivity index is 1.97. The van der Waals surface area contributed by atoms with Gasteiger partial charge in [-0.25, -0.2) is 19.3 Å². The lowest BCUT2D eigenvalue weighted by molar-refractivity contribution is 0.621. The molecule has 0 amide bonds. The molecule has 0 saturated carbocycles. The van der Waals surface area contributed by atoms with Crippen LogP contribution in [0.25, 0.3) is 22.6 Å². The first kappa shape index (κ1) is 15.3. The summed E-state index contributed by atoms with van der Waals surface area (Å²) in [4.78, 5) is 21.7. The van der Waals surface area contributed by atoms with Crippen molar-refractivity contribution in [3.63, 3.8) is 0 Å². The zero-order chi connectivity index (χ0) is 17.4. The van der Waals surface area contributed by atoms with Crippen molar-refractivity contribution in [1.82, 2.24) is 29.5 Å². The second-order valence-corrected chi connectivity index (χ2v) is 5.80. The number of rotatable bonds is 3. The first-order valence-electron chi connectivity index (χ1n) is 7.83. The molecule has 4 rings (SSSR count). The van der Waals surface area contributed by atoms with Crippen LogP contribution in [0.3, 0.4) is 0 Å². The van der Waals surface area contributed by atoms with Gasteiger partial charge >= 0.3 is 0 Å². The van der Waals surface area contributed by atoms with Crippen molar-refractivity contribution in [2.75, 3.05) is 0 Å². The number of hydrogen-bond acceptors (Lipinski definition) is 5. The fourth-order valence-electron chi connectivity index (χ4n) is 2.85. The van der Waals surface area contributed by atoms with Crippen molar-refractivity contribution < 1.29 is 4.39 Å².